The van der Waals surface area contributed by atoms with Crippen LogP contribution in [-0.4, -0.2) is 110 Å². The van der Waals surface area contributed by atoms with Crippen molar-refractivity contribution in [3.05, 3.63) is 46.9 Å². The lowest BCUT2D eigenvalue weighted by Crippen LogP contribution is -2.43. The molecular formula is C28H35ClN6O4. The predicted molar refractivity (Wildman–Crippen MR) is 150 cm³/mol. The molecule has 6 rings (SSSR count). The zero-order valence-corrected chi connectivity index (χ0v) is 23.2. The van der Waals surface area contributed by atoms with Crippen LogP contribution < -0.4 is 0 Å². The van der Waals surface area contributed by atoms with Gasteiger partial charge in [-0.1, -0.05) is 11.6 Å². The Labute approximate surface area is 232 Å². The lowest BCUT2D eigenvalue weighted by atomic mass is 9.97. The Morgan fingerprint density at radius 2 is 1.64 bits per heavy atom. The van der Waals surface area contributed by atoms with Gasteiger partial charge in [0.05, 0.1) is 79.2 Å². The van der Waals surface area contributed by atoms with Gasteiger partial charge >= 0.3 is 0 Å². The van der Waals surface area contributed by atoms with Gasteiger partial charge < -0.3 is 28.9 Å². The third-order valence-electron chi connectivity index (χ3n) is 7.78. The van der Waals surface area contributed by atoms with E-state index in [2.05, 4.69) is 30.8 Å². The number of rotatable bonds is 9. The Hall–Kier alpha value is -2.57. The van der Waals surface area contributed by atoms with E-state index in [-0.39, 0.29) is 12.1 Å². The molecule has 2 unspecified atom stereocenters. The van der Waals surface area contributed by atoms with Crippen molar-refractivity contribution in [2.45, 2.75) is 12.1 Å². The summed E-state index contributed by atoms with van der Waals surface area (Å²) in [5, 5.41) is 1.55. The number of pyridine rings is 2. The molecule has 4 aromatic heterocycles. The second-order valence-corrected chi connectivity index (χ2v) is 10.4. The molecule has 2 aliphatic heterocycles. The van der Waals surface area contributed by atoms with E-state index < -0.39 is 0 Å². The molecule has 0 aromatic carbocycles. The number of hydrogen-bond donors (Lipinski definition) is 2. The Morgan fingerprint density at radius 1 is 0.974 bits per heavy atom. The average molecular weight is 555 g/mol. The molecule has 4 aromatic rings. The van der Waals surface area contributed by atoms with Crippen LogP contribution >= 0.6 is 11.6 Å². The fourth-order valence-corrected chi connectivity index (χ4v) is 6.00. The van der Waals surface area contributed by atoms with Crippen LogP contribution in [0.5, 0.6) is 0 Å². The number of nitrogens with one attached hydrogen (secondary N) is 2. The van der Waals surface area contributed by atoms with E-state index in [1.165, 1.54) is 0 Å². The van der Waals surface area contributed by atoms with Crippen molar-refractivity contribution in [3.63, 3.8) is 0 Å². The number of morpholine rings is 2. The molecule has 208 valence electrons. The molecule has 2 N–H and O–H groups in total. The smallest absolute Gasteiger partial charge is 0.139 e. The highest BCUT2D eigenvalue weighted by Crippen LogP contribution is 2.37. The number of fused-ring (bicyclic) bond motifs is 2. The van der Waals surface area contributed by atoms with E-state index in [0.29, 0.717) is 44.7 Å². The molecule has 11 heteroatoms. The average Bonchev–Trinajstić information content (AvgIpc) is 3.60. The minimum atomic E-state index is -0.0275. The monoisotopic (exact) mass is 554 g/mol. The van der Waals surface area contributed by atoms with Gasteiger partial charge in [-0.25, -0.2) is 9.97 Å². The van der Waals surface area contributed by atoms with Gasteiger partial charge in [0, 0.05) is 63.7 Å². The van der Waals surface area contributed by atoms with Crippen LogP contribution in [0.3, 0.4) is 0 Å². The third-order valence-corrected chi connectivity index (χ3v) is 8.11. The molecule has 2 aliphatic rings. The highest BCUT2D eigenvalue weighted by molar-refractivity contribution is 6.35. The number of ether oxygens (including phenoxy) is 4. The van der Waals surface area contributed by atoms with Crippen LogP contribution in [0, 0.1) is 0 Å². The Morgan fingerprint density at radius 3 is 2.31 bits per heavy atom. The summed E-state index contributed by atoms with van der Waals surface area (Å²) < 4.78 is 22.9. The standard InChI is InChI=1S/C28H35ClN6O4/c1-36-16-24(34-5-9-38-10-6-34)19-14-23-26(33-27(19)25(17-37-2)35-7-11-39-12-8-35)20(15-31-23)22-13-18-21(29)3-4-30-28(18)32-22/h3-4,13-15,24-25,31H,5-12,16-17H2,1-2H3,(H,30,32). The first-order chi connectivity index (χ1) is 19.2. The highest BCUT2D eigenvalue weighted by Gasteiger charge is 2.32. The molecule has 0 radical (unpaired) electrons. The van der Waals surface area contributed by atoms with E-state index in [1.807, 2.05) is 12.3 Å². The van der Waals surface area contributed by atoms with Crippen molar-refractivity contribution in [2.24, 2.45) is 0 Å². The number of H-pyrrole nitrogens is 2. The summed E-state index contributed by atoms with van der Waals surface area (Å²) in [7, 11) is 3.51. The van der Waals surface area contributed by atoms with Crippen molar-refractivity contribution in [1.82, 2.24) is 29.7 Å². The van der Waals surface area contributed by atoms with Gasteiger partial charge in [0.25, 0.3) is 0 Å². The Bertz CT molecular complexity index is 1410. The minimum absolute atomic E-state index is 0.0275. The zero-order valence-electron chi connectivity index (χ0n) is 22.4. The molecule has 39 heavy (non-hydrogen) atoms. The second kappa shape index (κ2) is 11.9. The maximum Gasteiger partial charge on any atom is 0.139 e. The summed E-state index contributed by atoms with van der Waals surface area (Å²) in [6.07, 6.45) is 3.71. The number of halogens is 1. The summed E-state index contributed by atoms with van der Waals surface area (Å²) >= 11 is 6.46. The molecule has 0 amide bonds. The molecule has 0 bridgehead atoms. The molecule has 6 heterocycles. The van der Waals surface area contributed by atoms with Crippen LogP contribution in [-0.2, 0) is 18.9 Å². The molecule has 0 spiro atoms. The fourth-order valence-electron chi connectivity index (χ4n) is 5.80. The summed E-state index contributed by atoms with van der Waals surface area (Å²) in [5.74, 6) is 0. The number of aromatic nitrogens is 4. The normalized spacial score (nSPS) is 19.2. The van der Waals surface area contributed by atoms with E-state index in [4.69, 9.17) is 35.5 Å². The first kappa shape index (κ1) is 26.6. The molecule has 2 fully saturated rings. The Kier molecular flexibility index (Phi) is 8.12. The van der Waals surface area contributed by atoms with E-state index in [9.17, 15) is 0 Å². The lowest BCUT2D eigenvalue weighted by Gasteiger charge is -2.38. The van der Waals surface area contributed by atoms with Gasteiger partial charge in [0.15, 0.2) is 0 Å². The summed E-state index contributed by atoms with van der Waals surface area (Å²) in [6.45, 7) is 7.23. The number of hydrogen-bond acceptors (Lipinski definition) is 8. The SMILES string of the molecule is COCC(c1cc2[nH]cc(-c3cc4c(Cl)ccnc4[nH]3)c2nc1C(COC)N1CCOCC1)N1CCOCC1. The molecule has 0 aliphatic carbocycles. The summed E-state index contributed by atoms with van der Waals surface area (Å²) in [4.78, 5) is 21.6. The quantitative estimate of drug-likeness (QED) is 0.322. The first-order valence-electron chi connectivity index (χ1n) is 13.4. The molecule has 10 nitrogen and oxygen atoms in total. The molecule has 2 atom stereocenters. The topological polar surface area (TPSA) is 101 Å². The third kappa shape index (κ3) is 5.30. The van der Waals surface area contributed by atoms with Crippen molar-refractivity contribution >= 4 is 33.7 Å². The first-order valence-corrected chi connectivity index (χ1v) is 13.8. The summed E-state index contributed by atoms with van der Waals surface area (Å²) in [6, 6.07) is 6.10. The fraction of sp³-hybridized carbons (Fsp3) is 0.500. The summed E-state index contributed by atoms with van der Waals surface area (Å²) in [5.41, 5.74) is 6.65. The van der Waals surface area contributed by atoms with Gasteiger partial charge in [0.1, 0.15) is 5.65 Å². The molecule has 0 saturated carbocycles. The van der Waals surface area contributed by atoms with Crippen LogP contribution in [0.15, 0.2) is 30.6 Å². The van der Waals surface area contributed by atoms with Gasteiger partial charge in [-0.05, 0) is 23.8 Å². The van der Waals surface area contributed by atoms with Gasteiger partial charge in [-0.2, -0.15) is 0 Å². The number of methoxy groups -OCH3 is 2. The predicted octanol–water partition coefficient (Wildman–Crippen LogP) is 3.80. The van der Waals surface area contributed by atoms with Gasteiger partial charge in [-0.3, -0.25) is 9.80 Å². The minimum Gasteiger partial charge on any atom is -0.383 e. The van der Waals surface area contributed by atoms with Crippen molar-refractivity contribution in [3.8, 4) is 11.3 Å². The maximum absolute atomic E-state index is 6.46. The molecular weight excluding hydrogens is 520 g/mol. The molecule has 2 saturated heterocycles. The van der Waals surface area contributed by atoms with Crippen molar-refractivity contribution in [2.75, 3.05) is 80.0 Å². The van der Waals surface area contributed by atoms with E-state index in [0.717, 1.165) is 70.8 Å². The van der Waals surface area contributed by atoms with E-state index in [1.54, 1.807) is 26.5 Å². The van der Waals surface area contributed by atoms with Crippen LogP contribution in [0.25, 0.3) is 33.3 Å². The van der Waals surface area contributed by atoms with Gasteiger partial charge in [0.2, 0.25) is 0 Å². The zero-order chi connectivity index (χ0) is 26.8. The van der Waals surface area contributed by atoms with Crippen LogP contribution in [0.1, 0.15) is 23.3 Å². The van der Waals surface area contributed by atoms with Crippen molar-refractivity contribution < 1.29 is 18.9 Å². The lowest BCUT2D eigenvalue weighted by molar-refractivity contribution is -0.0116. The van der Waals surface area contributed by atoms with E-state index >= 15 is 0 Å². The number of aromatic amines is 2. The van der Waals surface area contributed by atoms with Crippen LogP contribution in [0.2, 0.25) is 5.02 Å². The Balaban J connectivity index is 1.51. The second-order valence-electron chi connectivity index (χ2n) is 10.0. The van der Waals surface area contributed by atoms with Crippen molar-refractivity contribution in [1.29, 1.82) is 0 Å². The highest BCUT2D eigenvalue weighted by atomic mass is 35.5. The largest absolute Gasteiger partial charge is 0.383 e. The maximum atomic E-state index is 6.46. The van der Waals surface area contributed by atoms with Gasteiger partial charge in [-0.15, -0.1) is 0 Å². The number of nitrogens with zero attached hydrogens (tertiary/aromatic N) is 4. The van der Waals surface area contributed by atoms with Crippen LogP contribution in [0.4, 0.5) is 0 Å².